The van der Waals surface area contributed by atoms with Crippen LogP contribution < -0.4 is 0 Å². The van der Waals surface area contributed by atoms with Gasteiger partial charge in [0, 0.05) is 12.5 Å². The Kier molecular flexibility index (Phi) is 11.3. The van der Waals surface area contributed by atoms with E-state index in [-0.39, 0.29) is 11.9 Å². The first-order valence-corrected chi connectivity index (χ1v) is 15.6. The van der Waals surface area contributed by atoms with E-state index in [0.717, 1.165) is 50.2 Å². The molecule has 0 N–H and O–H groups in total. The lowest BCUT2D eigenvalue weighted by Gasteiger charge is -2.38. The van der Waals surface area contributed by atoms with Crippen LogP contribution in [0.15, 0.2) is 30.1 Å². The summed E-state index contributed by atoms with van der Waals surface area (Å²) in [7, 11) is 0. The Labute approximate surface area is 232 Å². The van der Waals surface area contributed by atoms with Crippen LogP contribution in [-0.2, 0) is 11.2 Å². The third-order valence-corrected chi connectivity index (χ3v) is 9.83. The van der Waals surface area contributed by atoms with Gasteiger partial charge in [0.2, 0.25) is 0 Å². The molecule has 39 heavy (non-hydrogen) atoms. The second kappa shape index (κ2) is 14.5. The third-order valence-electron chi connectivity index (χ3n) is 9.83. The van der Waals surface area contributed by atoms with Crippen LogP contribution in [0.3, 0.4) is 0 Å². The first kappa shape index (κ1) is 30.5. The van der Waals surface area contributed by atoms with Crippen LogP contribution in [0.1, 0.15) is 120 Å². The summed E-state index contributed by atoms with van der Waals surface area (Å²) in [4.78, 5) is 0. The Bertz CT molecular complexity index is 901. The van der Waals surface area contributed by atoms with Crippen molar-refractivity contribution in [2.45, 2.75) is 128 Å². The molecule has 6 heteroatoms. The molecule has 1 aromatic rings. The molecule has 1 heterocycles. The van der Waals surface area contributed by atoms with E-state index in [1.165, 1.54) is 38.5 Å². The number of benzene rings is 1. The molecule has 0 spiro atoms. The zero-order chi connectivity index (χ0) is 27.8. The smallest absolute Gasteiger partial charge is 0.378 e. The summed E-state index contributed by atoms with van der Waals surface area (Å²) in [5, 5.41) is 0. The Morgan fingerprint density at radius 1 is 0.897 bits per heavy atom. The minimum atomic E-state index is -4.61. The molecular weight excluding hydrogens is 507 g/mol. The van der Waals surface area contributed by atoms with Gasteiger partial charge in [-0.15, -0.1) is 0 Å². The van der Waals surface area contributed by atoms with Crippen LogP contribution in [0.2, 0.25) is 0 Å². The van der Waals surface area contributed by atoms with Crippen molar-refractivity contribution in [1.82, 2.24) is 0 Å². The molecule has 2 unspecified atom stereocenters. The van der Waals surface area contributed by atoms with E-state index in [4.69, 9.17) is 4.74 Å². The molecule has 0 aromatic heterocycles. The number of hydrogen-bond acceptors (Lipinski definition) is 1. The molecule has 1 aliphatic heterocycles. The fourth-order valence-electron chi connectivity index (χ4n) is 7.31. The van der Waals surface area contributed by atoms with E-state index >= 15 is 4.39 Å². The summed E-state index contributed by atoms with van der Waals surface area (Å²) in [5.41, 5.74) is 1.81. The van der Waals surface area contributed by atoms with E-state index in [0.29, 0.717) is 61.5 Å². The van der Waals surface area contributed by atoms with Crippen molar-refractivity contribution in [1.29, 1.82) is 0 Å². The summed E-state index contributed by atoms with van der Waals surface area (Å²) in [6.07, 6.45) is 11.4. The Balaban J connectivity index is 1.17. The molecule has 1 nitrogen and oxygen atoms in total. The van der Waals surface area contributed by atoms with Gasteiger partial charge in [-0.1, -0.05) is 38.3 Å². The molecule has 2 saturated carbocycles. The lowest BCUT2D eigenvalue weighted by molar-refractivity contribution is -0.0821. The number of halogens is 5. The molecule has 0 radical (unpaired) electrons. The molecular formula is C33H47F5O. The van der Waals surface area contributed by atoms with Crippen molar-refractivity contribution in [3.8, 4) is 0 Å². The first-order valence-electron chi connectivity index (χ1n) is 15.6. The molecule has 4 rings (SSSR count). The Morgan fingerprint density at radius 2 is 1.62 bits per heavy atom. The maximum absolute atomic E-state index is 15.0. The van der Waals surface area contributed by atoms with Crippen LogP contribution in [0.5, 0.6) is 0 Å². The second-order valence-corrected chi connectivity index (χ2v) is 12.6. The van der Waals surface area contributed by atoms with Crippen molar-refractivity contribution in [3.05, 3.63) is 47.0 Å². The summed E-state index contributed by atoms with van der Waals surface area (Å²) in [6, 6.07) is 5.75. The zero-order valence-corrected chi connectivity index (χ0v) is 23.6. The van der Waals surface area contributed by atoms with Gasteiger partial charge >= 0.3 is 6.18 Å². The normalized spacial score (nSPS) is 30.9. The Morgan fingerprint density at radius 3 is 2.23 bits per heavy atom. The van der Waals surface area contributed by atoms with E-state index < -0.39 is 17.9 Å². The summed E-state index contributed by atoms with van der Waals surface area (Å²) >= 11 is 0. The summed E-state index contributed by atoms with van der Waals surface area (Å²) in [5.74, 6) is 0.263. The number of hydrogen-bond donors (Lipinski definition) is 0. The van der Waals surface area contributed by atoms with Crippen LogP contribution in [0.25, 0.3) is 0 Å². The number of ether oxygens (including phenoxy) is 1. The van der Waals surface area contributed by atoms with E-state index in [1.54, 1.807) is 6.07 Å². The van der Waals surface area contributed by atoms with Gasteiger partial charge in [0.05, 0.1) is 12.2 Å². The van der Waals surface area contributed by atoms with E-state index in [2.05, 4.69) is 13.0 Å². The summed E-state index contributed by atoms with van der Waals surface area (Å²) in [6.45, 7) is 3.18. The minimum absolute atomic E-state index is 0.146. The maximum atomic E-state index is 15.0. The Hall–Kier alpha value is -1.43. The third kappa shape index (κ3) is 9.30. The molecule has 220 valence electrons. The zero-order valence-electron chi connectivity index (χ0n) is 23.6. The lowest BCUT2D eigenvalue weighted by Crippen LogP contribution is -2.34. The highest BCUT2D eigenvalue weighted by atomic mass is 19.4. The highest BCUT2D eigenvalue weighted by Gasteiger charge is 2.33. The van der Waals surface area contributed by atoms with Gasteiger partial charge in [0.15, 0.2) is 0 Å². The van der Waals surface area contributed by atoms with Crippen LogP contribution >= 0.6 is 0 Å². The fraction of sp³-hybridized carbons (Fsp3) is 0.758. The second-order valence-electron chi connectivity index (χ2n) is 12.6. The lowest BCUT2D eigenvalue weighted by atomic mass is 9.74. The predicted octanol–water partition coefficient (Wildman–Crippen LogP) is 10.6. The number of unbranched alkanes of at least 4 members (excludes halogenated alkanes) is 2. The molecule has 1 aromatic carbocycles. The quantitative estimate of drug-likeness (QED) is 0.206. The SMILES string of the molecule is CCCCCC1CCC(C2CCC(c3ccc(CCC4CCC(C(F)=CC(F)(F)F)CC4)c(F)c3)CC2)OC1. The predicted molar refractivity (Wildman–Crippen MR) is 147 cm³/mol. The average molecular weight is 555 g/mol. The number of aryl methyl sites for hydroxylation is 1. The molecule has 2 atom stereocenters. The minimum Gasteiger partial charge on any atom is -0.378 e. The van der Waals surface area contributed by atoms with Gasteiger partial charge in [0.25, 0.3) is 0 Å². The van der Waals surface area contributed by atoms with Gasteiger partial charge < -0.3 is 4.74 Å². The van der Waals surface area contributed by atoms with Gasteiger partial charge in [-0.25, -0.2) is 8.78 Å². The fourth-order valence-corrected chi connectivity index (χ4v) is 7.31. The van der Waals surface area contributed by atoms with Crippen LogP contribution in [-0.4, -0.2) is 18.9 Å². The number of rotatable bonds is 10. The van der Waals surface area contributed by atoms with Gasteiger partial charge in [-0.05, 0) is 124 Å². The monoisotopic (exact) mass is 554 g/mol. The van der Waals surface area contributed by atoms with Gasteiger partial charge in [-0.3, -0.25) is 0 Å². The average Bonchev–Trinajstić information content (AvgIpc) is 2.92. The maximum Gasteiger partial charge on any atom is 0.412 e. The van der Waals surface area contributed by atoms with Crippen molar-refractivity contribution in [2.24, 2.45) is 23.7 Å². The van der Waals surface area contributed by atoms with Gasteiger partial charge in [-0.2, -0.15) is 13.2 Å². The van der Waals surface area contributed by atoms with E-state index in [1.807, 2.05) is 6.07 Å². The highest BCUT2D eigenvalue weighted by Crippen LogP contribution is 2.41. The topological polar surface area (TPSA) is 9.23 Å². The molecule has 2 aliphatic carbocycles. The van der Waals surface area contributed by atoms with Crippen molar-refractivity contribution < 1.29 is 26.7 Å². The largest absolute Gasteiger partial charge is 0.412 e. The van der Waals surface area contributed by atoms with Gasteiger partial charge in [0.1, 0.15) is 11.6 Å². The van der Waals surface area contributed by atoms with E-state index in [9.17, 15) is 17.6 Å². The molecule has 0 amide bonds. The molecule has 3 aliphatic rings. The van der Waals surface area contributed by atoms with Crippen molar-refractivity contribution in [3.63, 3.8) is 0 Å². The number of alkyl halides is 3. The summed E-state index contributed by atoms with van der Waals surface area (Å²) < 4.78 is 72.5. The van der Waals surface area contributed by atoms with Crippen molar-refractivity contribution >= 4 is 0 Å². The highest BCUT2D eigenvalue weighted by molar-refractivity contribution is 5.27. The molecule has 1 saturated heterocycles. The first-order chi connectivity index (χ1) is 18.7. The number of allylic oxidation sites excluding steroid dienone is 2. The van der Waals surface area contributed by atoms with Crippen molar-refractivity contribution in [2.75, 3.05) is 6.61 Å². The molecule has 3 fully saturated rings. The molecule has 0 bridgehead atoms. The standard InChI is InChI=1S/C33H47F5O/c1-2-3-4-5-24-9-19-32(39-22-24)28-16-13-25(14-17-28)29-18-15-26(30(34)20-29)10-6-23-7-11-27(12-8-23)31(35)21-33(36,37)38/h15,18,20-21,23-25,27-28,32H,2-14,16-17,19,22H2,1H3. The van der Waals surface area contributed by atoms with Crippen LogP contribution in [0.4, 0.5) is 22.0 Å². The van der Waals surface area contributed by atoms with Crippen LogP contribution in [0, 0.1) is 29.5 Å².